The SMILES string of the molecule is CC[C@@H](C(=O)N(c1ccc(C(=O)OC(C)(C)C)cc1)c1cccc(C(=O)[C@H](C)N(C)C)c1)N(C=O)C1CCC(CNC(=O)OC(C)(C)C)CC1. The van der Waals surface area contributed by atoms with Crippen molar-refractivity contribution in [1.82, 2.24) is 15.1 Å². The normalized spacial score (nSPS) is 17.7. The fraction of sp³-hybridized carbons (Fsp3) is 0.564. The number of carbonyl (C=O) groups is 5. The number of benzene rings is 2. The lowest BCUT2D eigenvalue weighted by atomic mass is 9.84. The topological polar surface area (TPSA) is 126 Å². The summed E-state index contributed by atoms with van der Waals surface area (Å²) in [7, 11) is 3.67. The first kappa shape index (κ1) is 40.2. The van der Waals surface area contributed by atoms with Gasteiger partial charge in [-0.1, -0.05) is 19.1 Å². The number of alkyl carbamates (subject to hydrolysis) is 1. The molecule has 2 atom stereocenters. The van der Waals surface area contributed by atoms with Crippen LogP contribution >= 0.6 is 0 Å². The number of nitrogens with one attached hydrogen (secondary N) is 1. The Balaban J connectivity index is 1.91. The van der Waals surface area contributed by atoms with Gasteiger partial charge >= 0.3 is 12.1 Å². The van der Waals surface area contributed by atoms with Gasteiger partial charge in [-0.05, 0) is 137 Å². The Morgan fingerprint density at radius 3 is 1.98 bits per heavy atom. The van der Waals surface area contributed by atoms with E-state index in [4.69, 9.17) is 9.47 Å². The van der Waals surface area contributed by atoms with E-state index in [1.54, 1.807) is 74.2 Å². The minimum Gasteiger partial charge on any atom is -0.456 e. The van der Waals surface area contributed by atoms with Crippen LogP contribution in [0.15, 0.2) is 48.5 Å². The molecule has 1 N–H and O–H groups in total. The van der Waals surface area contributed by atoms with Crippen LogP contribution in [0.2, 0.25) is 0 Å². The van der Waals surface area contributed by atoms with Crippen LogP contribution in [-0.2, 0) is 19.1 Å². The van der Waals surface area contributed by atoms with E-state index in [1.165, 1.54) is 4.90 Å². The standard InChI is InChI=1S/C39H56N4O7/c1-11-33(42(25-44)30-19-15-27(16-20-30)24-40-37(48)50-39(6,7)8)35(46)43(31-21-17-28(18-22-31)36(47)49-38(3,4)5)32-14-12-13-29(23-32)34(45)26(2)41(9)10/h12-14,17-18,21-23,25-27,30,33H,11,15-16,19-20,24H2,1-10H3,(H,40,48)/t26-,27?,30?,33-/m0/s1. The van der Waals surface area contributed by atoms with Gasteiger partial charge in [-0.3, -0.25) is 24.2 Å². The van der Waals surface area contributed by atoms with E-state index in [2.05, 4.69) is 5.32 Å². The number of ether oxygens (including phenoxy) is 2. The molecule has 0 aliphatic heterocycles. The van der Waals surface area contributed by atoms with Crippen molar-refractivity contribution in [2.24, 2.45) is 5.92 Å². The smallest absolute Gasteiger partial charge is 0.407 e. The Morgan fingerprint density at radius 1 is 0.860 bits per heavy atom. The highest BCUT2D eigenvalue weighted by molar-refractivity contribution is 6.06. The van der Waals surface area contributed by atoms with Gasteiger partial charge in [0.15, 0.2) is 5.78 Å². The second kappa shape index (κ2) is 17.1. The van der Waals surface area contributed by atoms with Gasteiger partial charge in [0.05, 0.1) is 11.6 Å². The Bertz CT molecular complexity index is 1490. The van der Waals surface area contributed by atoms with Gasteiger partial charge in [-0.2, -0.15) is 0 Å². The van der Waals surface area contributed by atoms with Crippen molar-refractivity contribution < 1.29 is 33.4 Å². The summed E-state index contributed by atoms with van der Waals surface area (Å²) in [6.07, 6.45) is 3.59. The summed E-state index contributed by atoms with van der Waals surface area (Å²) in [4.78, 5) is 70.7. The number of ketones is 1. The summed E-state index contributed by atoms with van der Waals surface area (Å²) in [6.45, 7) is 15.0. The number of Topliss-reactive ketones (excluding diaryl/α,β-unsaturated/α-hetero) is 1. The summed E-state index contributed by atoms with van der Waals surface area (Å²) in [6, 6.07) is 12.2. The molecule has 50 heavy (non-hydrogen) atoms. The summed E-state index contributed by atoms with van der Waals surface area (Å²) >= 11 is 0. The average molecular weight is 693 g/mol. The Hall–Kier alpha value is -4.25. The van der Waals surface area contributed by atoms with Crippen molar-refractivity contribution in [1.29, 1.82) is 0 Å². The highest BCUT2D eigenvalue weighted by Crippen LogP contribution is 2.33. The highest BCUT2D eigenvalue weighted by atomic mass is 16.6. The zero-order chi connectivity index (χ0) is 37.4. The third-order valence-corrected chi connectivity index (χ3v) is 8.85. The zero-order valence-electron chi connectivity index (χ0n) is 31.4. The maximum absolute atomic E-state index is 14.7. The number of hydrogen-bond acceptors (Lipinski definition) is 8. The van der Waals surface area contributed by atoms with Gasteiger partial charge in [0, 0.05) is 29.5 Å². The van der Waals surface area contributed by atoms with Crippen LogP contribution in [0.5, 0.6) is 0 Å². The van der Waals surface area contributed by atoms with Crippen molar-refractivity contribution >= 4 is 41.5 Å². The van der Waals surface area contributed by atoms with Gasteiger partial charge in [0.25, 0.3) is 5.91 Å². The van der Waals surface area contributed by atoms with Gasteiger partial charge in [0.2, 0.25) is 6.41 Å². The van der Waals surface area contributed by atoms with E-state index in [9.17, 15) is 24.0 Å². The minimum absolute atomic E-state index is 0.0935. The van der Waals surface area contributed by atoms with Crippen molar-refractivity contribution in [3.8, 4) is 0 Å². The van der Waals surface area contributed by atoms with Crippen LogP contribution in [-0.4, -0.2) is 89.9 Å². The highest BCUT2D eigenvalue weighted by Gasteiger charge is 2.36. The second-order valence-electron chi connectivity index (χ2n) is 15.3. The van der Waals surface area contributed by atoms with Crippen molar-refractivity contribution in [2.75, 3.05) is 25.5 Å². The van der Waals surface area contributed by atoms with Crippen molar-refractivity contribution in [2.45, 2.75) is 117 Å². The number of anilines is 2. The molecule has 3 amide bonds. The van der Waals surface area contributed by atoms with Crippen LogP contribution in [0.1, 0.15) is 108 Å². The van der Waals surface area contributed by atoms with Crippen LogP contribution in [0.4, 0.5) is 16.2 Å². The molecular weight excluding hydrogens is 636 g/mol. The second-order valence-corrected chi connectivity index (χ2v) is 15.3. The molecule has 0 saturated heterocycles. The molecule has 11 nitrogen and oxygen atoms in total. The van der Waals surface area contributed by atoms with E-state index in [-0.39, 0.29) is 29.7 Å². The monoisotopic (exact) mass is 692 g/mol. The van der Waals surface area contributed by atoms with Gasteiger partial charge in [-0.25, -0.2) is 9.59 Å². The lowest BCUT2D eigenvalue weighted by Gasteiger charge is -2.40. The number of carbonyl (C=O) groups excluding carboxylic acids is 5. The minimum atomic E-state index is -0.792. The summed E-state index contributed by atoms with van der Waals surface area (Å²) < 4.78 is 10.9. The first-order chi connectivity index (χ1) is 23.3. The fourth-order valence-electron chi connectivity index (χ4n) is 6.03. The molecule has 1 saturated carbocycles. The van der Waals surface area contributed by atoms with E-state index < -0.39 is 29.3 Å². The molecule has 1 aliphatic carbocycles. The summed E-state index contributed by atoms with van der Waals surface area (Å²) in [5.41, 5.74) is 0.481. The average Bonchev–Trinajstić information content (AvgIpc) is 3.04. The molecule has 1 aliphatic rings. The number of esters is 1. The van der Waals surface area contributed by atoms with Crippen LogP contribution in [0.3, 0.4) is 0 Å². The molecule has 1 fully saturated rings. The first-order valence-corrected chi connectivity index (χ1v) is 17.5. The number of nitrogens with zero attached hydrogens (tertiary/aromatic N) is 3. The maximum Gasteiger partial charge on any atom is 0.407 e. The molecule has 11 heteroatoms. The van der Waals surface area contributed by atoms with E-state index in [0.29, 0.717) is 48.3 Å². The van der Waals surface area contributed by atoms with E-state index in [0.717, 1.165) is 19.3 Å². The molecule has 0 spiro atoms. The molecule has 2 aromatic carbocycles. The zero-order valence-corrected chi connectivity index (χ0v) is 31.4. The third-order valence-electron chi connectivity index (χ3n) is 8.85. The van der Waals surface area contributed by atoms with Crippen molar-refractivity contribution in [3.63, 3.8) is 0 Å². The molecule has 3 rings (SSSR count). The van der Waals surface area contributed by atoms with Crippen LogP contribution in [0.25, 0.3) is 0 Å². The molecule has 0 heterocycles. The quantitative estimate of drug-likeness (QED) is 0.139. The fourth-order valence-corrected chi connectivity index (χ4v) is 6.03. The van der Waals surface area contributed by atoms with Gasteiger partial charge in [-0.15, -0.1) is 0 Å². The number of amides is 3. The molecule has 0 radical (unpaired) electrons. The maximum atomic E-state index is 14.7. The van der Waals surface area contributed by atoms with E-state index in [1.807, 2.05) is 53.6 Å². The Kier molecular flexibility index (Phi) is 13.8. The lowest BCUT2D eigenvalue weighted by Crippen LogP contribution is -2.52. The molecular formula is C39H56N4O7. The van der Waals surface area contributed by atoms with Crippen LogP contribution in [0, 0.1) is 5.92 Å². The van der Waals surface area contributed by atoms with Crippen LogP contribution < -0.4 is 10.2 Å². The molecule has 2 aromatic rings. The number of rotatable bonds is 13. The Morgan fingerprint density at radius 2 is 1.46 bits per heavy atom. The number of hydrogen-bond donors (Lipinski definition) is 1. The summed E-state index contributed by atoms with van der Waals surface area (Å²) in [5.74, 6) is -0.678. The molecule has 0 aromatic heterocycles. The largest absolute Gasteiger partial charge is 0.456 e. The van der Waals surface area contributed by atoms with Gasteiger partial charge in [0.1, 0.15) is 17.2 Å². The lowest BCUT2D eigenvalue weighted by molar-refractivity contribution is -0.134. The number of likely N-dealkylation sites (N-methyl/N-ethyl adjacent to an activating group) is 1. The van der Waals surface area contributed by atoms with Gasteiger partial charge < -0.3 is 19.7 Å². The predicted octanol–water partition coefficient (Wildman–Crippen LogP) is 6.76. The first-order valence-electron chi connectivity index (χ1n) is 17.5. The predicted molar refractivity (Wildman–Crippen MR) is 195 cm³/mol. The Labute approximate surface area is 297 Å². The molecule has 0 bridgehead atoms. The van der Waals surface area contributed by atoms with Crippen molar-refractivity contribution in [3.05, 3.63) is 59.7 Å². The molecule has 274 valence electrons. The van der Waals surface area contributed by atoms with E-state index >= 15 is 0 Å². The third kappa shape index (κ3) is 11.1. The summed E-state index contributed by atoms with van der Waals surface area (Å²) in [5, 5.41) is 2.86. The molecule has 0 unspecified atom stereocenters.